The molecule has 2 aliphatic rings. The molecule has 0 radical (unpaired) electrons. The molecule has 0 aliphatic heterocycles. The predicted molar refractivity (Wildman–Crippen MR) is 76.5 cm³/mol. The van der Waals surface area contributed by atoms with Gasteiger partial charge in [0.05, 0.1) is 0 Å². The number of amides is 2. The van der Waals surface area contributed by atoms with Gasteiger partial charge in [-0.1, -0.05) is 12.8 Å². The Bertz CT molecular complexity index is 326. The van der Waals surface area contributed by atoms with E-state index in [4.69, 9.17) is 5.11 Å². The van der Waals surface area contributed by atoms with Crippen LogP contribution in [-0.2, 0) is 4.79 Å². The van der Waals surface area contributed by atoms with Crippen LogP contribution in [0.2, 0.25) is 0 Å². The zero-order chi connectivity index (χ0) is 14.4. The molecule has 0 spiro atoms. The number of rotatable bonds is 10. The second kappa shape index (κ2) is 7.50. The monoisotopic (exact) mass is 282 g/mol. The Labute approximate surface area is 120 Å². The van der Waals surface area contributed by atoms with Crippen LogP contribution in [0.1, 0.15) is 57.8 Å². The van der Waals surface area contributed by atoms with Gasteiger partial charge in [0.15, 0.2) is 0 Å². The second-order valence-electron chi connectivity index (χ2n) is 6.16. The van der Waals surface area contributed by atoms with Crippen molar-refractivity contribution in [1.29, 1.82) is 0 Å². The maximum absolute atomic E-state index is 11.8. The number of aliphatic carboxylic acids is 1. The summed E-state index contributed by atoms with van der Waals surface area (Å²) in [6, 6.07) is 0.380. The van der Waals surface area contributed by atoms with Gasteiger partial charge in [0.1, 0.15) is 0 Å². The summed E-state index contributed by atoms with van der Waals surface area (Å²) in [5.41, 5.74) is 0. The van der Waals surface area contributed by atoms with Gasteiger partial charge in [0.2, 0.25) is 0 Å². The normalized spacial score (nSPS) is 18.1. The number of urea groups is 1. The Morgan fingerprint density at radius 2 is 1.60 bits per heavy atom. The van der Waals surface area contributed by atoms with E-state index in [1.165, 1.54) is 25.7 Å². The lowest BCUT2D eigenvalue weighted by atomic mass is 10.1. The van der Waals surface area contributed by atoms with Gasteiger partial charge in [0.25, 0.3) is 0 Å². The number of hydrogen-bond donors (Lipinski definition) is 3. The Balaban J connectivity index is 1.46. The third-order valence-corrected chi connectivity index (χ3v) is 4.16. The largest absolute Gasteiger partial charge is 0.481 e. The molecule has 2 rings (SSSR count). The minimum Gasteiger partial charge on any atom is -0.481 e. The van der Waals surface area contributed by atoms with Crippen molar-refractivity contribution >= 4 is 12.0 Å². The predicted octanol–water partition coefficient (Wildman–Crippen LogP) is 2.51. The van der Waals surface area contributed by atoms with Crippen molar-refractivity contribution in [3.8, 4) is 0 Å². The van der Waals surface area contributed by atoms with Gasteiger partial charge in [-0.25, -0.2) is 4.79 Å². The SMILES string of the molecule is O=C(O)CCCCCCNC(=O)NC(C1CC1)C1CC1. The highest BCUT2D eigenvalue weighted by Gasteiger charge is 2.42. The molecule has 0 heterocycles. The minimum absolute atomic E-state index is 0.0284. The Kier molecular flexibility index (Phi) is 5.68. The van der Waals surface area contributed by atoms with Crippen LogP contribution in [0.3, 0.4) is 0 Å². The summed E-state index contributed by atoms with van der Waals surface area (Å²) >= 11 is 0. The van der Waals surface area contributed by atoms with Gasteiger partial charge in [-0.3, -0.25) is 4.79 Å². The molecule has 2 aliphatic carbocycles. The molecule has 2 fully saturated rings. The summed E-state index contributed by atoms with van der Waals surface area (Å²) in [4.78, 5) is 22.1. The molecule has 0 aromatic carbocycles. The molecule has 0 atom stereocenters. The maximum atomic E-state index is 11.8. The molecule has 0 bridgehead atoms. The second-order valence-corrected chi connectivity index (χ2v) is 6.16. The fourth-order valence-corrected chi connectivity index (χ4v) is 2.69. The average Bonchev–Trinajstić information content (AvgIpc) is 3.28. The highest BCUT2D eigenvalue weighted by Crippen LogP contribution is 2.44. The summed E-state index contributed by atoms with van der Waals surface area (Å²) < 4.78 is 0. The van der Waals surface area contributed by atoms with E-state index in [0.717, 1.165) is 37.5 Å². The van der Waals surface area contributed by atoms with Gasteiger partial charge in [-0.2, -0.15) is 0 Å². The highest BCUT2D eigenvalue weighted by molar-refractivity contribution is 5.74. The Morgan fingerprint density at radius 1 is 1.00 bits per heavy atom. The maximum Gasteiger partial charge on any atom is 0.315 e. The minimum atomic E-state index is -0.728. The van der Waals surface area contributed by atoms with Crippen molar-refractivity contribution in [3.05, 3.63) is 0 Å². The molecule has 20 heavy (non-hydrogen) atoms. The standard InChI is InChI=1S/C15H26N2O3/c18-13(19)5-3-1-2-4-10-16-15(20)17-14(11-6-7-11)12-8-9-12/h11-12,14H,1-10H2,(H,18,19)(H2,16,17,20). The number of carbonyl (C=O) groups excluding carboxylic acids is 1. The first-order chi connectivity index (χ1) is 9.66. The fourth-order valence-electron chi connectivity index (χ4n) is 2.69. The Morgan fingerprint density at radius 3 is 2.15 bits per heavy atom. The average molecular weight is 282 g/mol. The molecular weight excluding hydrogens is 256 g/mol. The summed E-state index contributed by atoms with van der Waals surface area (Å²) in [5.74, 6) is 0.724. The molecule has 0 saturated heterocycles. The number of nitrogens with one attached hydrogen (secondary N) is 2. The van der Waals surface area contributed by atoms with Crippen LogP contribution in [0.4, 0.5) is 4.79 Å². The zero-order valence-electron chi connectivity index (χ0n) is 12.1. The van der Waals surface area contributed by atoms with E-state index in [-0.39, 0.29) is 12.5 Å². The van der Waals surface area contributed by atoms with Crippen LogP contribution >= 0.6 is 0 Å². The quantitative estimate of drug-likeness (QED) is 0.539. The Hall–Kier alpha value is -1.26. The number of carboxylic acids is 1. The lowest BCUT2D eigenvalue weighted by molar-refractivity contribution is -0.137. The van der Waals surface area contributed by atoms with Crippen molar-refractivity contribution < 1.29 is 14.7 Å². The molecule has 3 N–H and O–H groups in total. The highest BCUT2D eigenvalue weighted by atomic mass is 16.4. The van der Waals surface area contributed by atoms with E-state index in [2.05, 4.69) is 10.6 Å². The smallest absolute Gasteiger partial charge is 0.315 e. The van der Waals surface area contributed by atoms with Crippen molar-refractivity contribution in [2.45, 2.75) is 63.8 Å². The van der Waals surface area contributed by atoms with Gasteiger partial charge >= 0.3 is 12.0 Å². The van der Waals surface area contributed by atoms with Crippen LogP contribution in [0, 0.1) is 11.8 Å². The summed E-state index contributed by atoms with van der Waals surface area (Å²) in [5, 5.41) is 14.5. The molecule has 0 unspecified atom stereocenters. The van der Waals surface area contributed by atoms with Gasteiger partial charge in [-0.05, 0) is 50.4 Å². The lowest BCUT2D eigenvalue weighted by Gasteiger charge is -2.18. The van der Waals surface area contributed by atoms with Gasteiger partial charge in [-0.15, -0.1) is 0 Å². The lowest BCUT2D eigenvalue weighted by Crippen LogP contribution is -2.44. The molecule has 5 heteroatoms. The first kappa shape index (κ1) is 15.1. The number of unbranched alkanes of at least 4 members (excludes halogenated alkanes) is 3. The molecule has 2 amide bonds. The molecule has 114 valence electrons. The van der Waals surface area contributed by atoms with Crippen LogP contribution in [0.25, 0.3) is 0 Å². The molecule has 5 nitrogen and oxygen atoms in total. The fraction of sp³-hybridized carbons (Fsp3) is 0.867. The number of carboxylic acid groups (broad SMARTS) is 1. The zero-order valence-corrected chi connectivity index (χ0v) is 12.1. The van der Waals surface area contributed by atoms with E-state index in [1.54, 1.807) is 0 Å². The first-order valence-corrected chi connectivity index (χ1v) is 7.93. The topological polar surface area (TPSA) is 78.4 Å². The molecule has 0 aromatic heterocycles. The van der Waals surface area contributed by atoms with Crippen molar-refractivity contribution in [3.63, 3.8) is 0 Å². The van der Waals surface area contributed by atoms with Crippen molar-refractivity contribution in [2.24, 2.45) is 11.8 Å². The van der Waals surface area contributed by atoms with Crippen LogP contribution in [-0.4, -0.2) is 29.7 Å². The van der Waals surface area contributed by atoms with E-state index in [0.29, 0.717) is 12.6 Å². The van der Waals surface area contributed by atoms with Gasteiger partial charge < -0.3 is 15.7 Å². The van der Waals surface area contributed by atoms with Crippen LogP contribution < -0.4 is 10.6 Å². The third kappa shape index (κ3) is 5.80. The molecule has 0 aromatic rings. The third-order valence-electron chi connectivity index (χ3n) is 4.16. The van der Waals surface area contributed by atoms with Crippen molar-refractivity contribution in [1.82, 2.24) is 10.6 Å². The molecular formula is C15H26N2O3. The first-order valence-electron chi connectivity index (χ1n) is 7.93. The number of carbonyl (C=O) groups is 2. The summed E-state index contributed by atoms with van der Waals surface area (Å²) in [6.07, 6.45) is 8.87. The van der Waals surface area contributed by atoms with Crippen LogP contribution in [0.15, 0.2) is 0 Å². The van der Waals surface area contributed by atoms with E-state index in [9.17, 15) is 9.59 Å². The van der Waals surface area contributed by atoms with Crippen molar-refractivity contribution in [2.75, 3.05) is 6.54 Å². The van der Waals surface area contributed by atoms with Gasteiger partial charge in [0, 0.05) is 19.0 Å². The van der Waals surface area contributed by atoms with E-state index in [1.807, 2.05) is 0 Å². The van der Waals surface area contributed by atoms with E-state index < -0.39 is 5.97 Å². The van der Waals surface area contributed by atoms with E-state index >= 15 is 0 Å². The number of hydrogen-bond acceptors (Lipinski definition) is 2. The van der Waals surface area contributed by atoms with Crippen LogP contribution in [0.5, 0.6) is 0 Å². The summed E-state index contributed by atoms with van der Waals surface area (Å²) in [6.45, 7) is 0.682. The molecule has 2 saturated carbocycles. The summed E-state index contributed by atoms with van der Waals surface area (Å²) in [7, 11) is 0.